The molecule has 1 amide bonds. The molecule has 118 valence electrons. The standard InChI is InChI=1S/C15H18N2O5/c1-9-3-4-10(7-12(9)19)16-13-11(15(21)22-2)8-17(5-6-18)14(13)20/h3-4,7,16,18-19H,5-6,8H2,1-2H3. The van der Waals surface area contributed by atoms with Crippen LogP contribution in [-0.2, 0) is 14.3 Å². The number of nitrogens with zero attached hydrogens (tertiary/aromatic N) is 1. The number of aliphatic hydroxyl groups excluding tert-OH is 1. The number of benzene rings is 1. The predicted octanol–water partition coefficient (Wildman–Crippen LogP) is 0.374. The number of carbonyl (C=O) groups excluding carboxylic acids is 2. The van der Waals surface area contributed by atoms with Gasteiger partial charge >= 0.3 is 5.97 Å². The van der Waals surface area contributed by atoms with Crippen molar-refractivity contribution in [2.45, 2.75) is 6.92 Å². The molecule has 0 bridgehead atoms. The summed E-state index contributed by atoms with van der Waals surface area (Å²) in [5.74, 6) is -0.912. The summed E-state index contributed by atoms with van der Waals surface area (Å²) in [6.07, 6.45) is 0. The van der Waals surface area contributed by atoms with Gasteiger partial charge in [0.25, 0.3) is 5.91 Å². The number of methoxy groups -OCH3 is 1. The maximum atomic E-state index is 12.3. The molecular formula is C15H18N2O5. The Kier molecular flexibility index (Phi) is 4.67. The molecule has 0 saturated heterocycles. The SMILES string of the molecule is COC(=O)C1=C(Nc2ccc(C)c(O)c2)C(=O)N(CCO)C1. The van der Waals surface area contributed by atoms with Gasteiger partial charge in [0, 0.05) is 18.3 Å². The Bertz CT molecular complexity index is 639. The van der Waals surface area contributed by atoms with Crippen LogP contribution in [0.4, 0.5) is 5.69 Å². The second-order valence-corrected chi connectivity index (χ2v) is 4.92. The fourth-order valence-electron chi connectivity index (χ4n) is 2.18. The highest BCUT2D eigenvalue weighted by molar-refractivity contribution is 6.08. The average molecular weight is 306 g/mol. The molecule has 0 saturated carbocycles. The third kappa shape index (κ3) is 3.04. The number of phenolic OH excluding ortho intramolecular Hbond substituents is 1. The summed E-state index contributed by atoms with van der Waals surface area (Å²) < 4.78 is 4.69. The molecule has 7 nitrogen and oxygen atoms in total. The Hall–Kier alpha value is -2.54. The largest absolute Gasteiger partial charge is 0.508 e. The molecule has 1 aliphatic heterocycles. The van der Waals surface area contributed by atoms with E-state index >= 15 is 0 Å². The van der Waals surface area contributed by atoms with Gasteiger partial charge in [-0.15, -0.1) is 0 Å². The molecule has 3 N–H and O–H groups in total. The van der Waals surface area contributed by atoms with E-state index in [9.17, 15) is 14.7 Å². The van der Waals surface area contributed by atoms with E-state index in [2.05, 4.69) is 5.32 Å². The normalized spacial score (nSPS) is 14.5. The second-order valence-electron chi connectivity index (χ2n) is 4.92. The van der Waals surface area contributed by atoms with Crippen molar-refractivity contribution in [2.75, 3.05) is 32.1 Å². The van der Waals surface area contributed by atoms with Crippen LogP contribution in [0.25, 0.3) is 0 Å². The molecule has 0 aromatic heterocycles. The molecule has 7 heteroatoms. The molecule has 0 radical (unpaired) electrons. The van der Waals surface area contributed by atoms with Gasteiger partial charge in [-0.2, -0.15) is 0 Å². The van der Waals surface area contributed by atoms with E-state index in [1.54, 1.807) is 19.1 Å². The molecule has 1 heterocycles. The number of rotatable bonds is 5. The number of aliphatic hydroxyl groups is 1. The third-order valence-corrected chi connectivity index (χ3v) is 3.43. The first-order valence-corrected chi connectivity index (χ1v) is 6.76. The summed E-state index contributed by atoms with van der Waals surface area (Å²) in [5, 5.41) is 21.6. The third-order valence-electron chi connectivity index (χ3n) is 3.43. The van der Waals surface area contributed by atoms with E-state index in [4.69, 9.17) is 9.84 Å². The van der Waals surface area contributed by atoms with Crippen LogP contribution in [0.15, 0.2) is 29.5 Å². The average Bonchev–Trinajstić information content (AvgIpc) is 2.80. The van der Waals surface area contributed by atoms with Crippen LogP contribution < -0.4 is 5.32 Å². The number of amides is 1. The molecule has 2 rings (SSSR count). The van der Waals surface area contributed by atoms with Crippen molar-refractivity contribution in [2.24, 2.45) is 0 Å². The maximum Gasteiger partial charge on any atom is 0.337 e. The van der Waals surface area contributed by atoms with E-state index in [0.717, 1.165) is 0 Å². The Morgan fingerprint density at radius 2 is 2.18 bits per heavy atom. The fraction of sp³-hybridized carbons (Fsp3) is 0.333. The minimum Gasteiger partial charge on any atom is -0.508 e. The lowest BCUT2D eigenvalue weighted by Gasteiger charge is -2.15. The highest BCUT2D eigenvalue weighted by Crippen LogP contribution is 2.26. The van der Waals surface area contributed by atoms with E-state index in [1.165, 1.54) is 18.1 Å². The second kappa shape index (κ2) is 6.48. The van der Waals surface area contributed by atoms with Gasteiger partial charge in [0.1, 0.15) is 11.4 Å². The topological polar surface area (TPSA) is 99.1 Å². The van der Waals surface area contributed by atoms with Crippen LogP contribution in [0.3, 0.4) is 0 Å². The summed E-state index contributed by atoms with van der Waals surface area (Å²) in [6, 6.07) is 4.86. The van der Waals surface area contributed by atoms with Crippen molar-refractivity contribution in [1.82, 2.24) is 4.90 Å². The van der Waals surface area contributed by atoms with Gasteiger partial charge in [-0.25, -0.2) is 4.79 Å². The molecule has 0 atom stereocenters. The molecule has 0 spiro atoms. The van der Waals surface area contributed by atoms with E-state index in [0.29, 0.717) is 11.3 Å². The monoisotopic (exact) mass is 306 g/mol. The zero-order valence-corrected chi connectivity index (χ0v) is 12.4. The first-order chi connectivity index (χ1) is 10.5. The number of hydrogen-bond acceptors (Lipinski definition) is 6. The molecule has 1 aromatic rings. The quantitative estimate of drug-likeness (QED) is 0.680. The number of nitrogens with one attached hydrogen (secondary N) is 1. The molecule has 0 unspecified atom stereocenters. The molecule has 1 aliphatic rings. The van der Waals surface area contributed by atoms with Crippen LogP contribution in [0.5, 0.6) is 5.75 Å². The number of aryl methyl sites for hydroxylation is 1. The highest BCUT2D eigenvalue weighted by Gasteiger charge is 2.34. The number of phenols is 1. The number of carbonyl (C=O) groups is 2. The summed E-state index contributed by atoms with van der Waals surface area (Å²) in [6.45, 7) is 1.76. The van der Waals surface area contributed by atoms with Crippen LogP contribution in [0.1, 0.15) is 5.56 Å². The highest BCUT2D eigenvalue weighted by atomic mass is 16.5. The van der Waals surface area contributed by atoms with E-state index < -0.39 is 11.9 Å². The minimum absolute atomic E-state index is 0.0756. The van der Waals surface area contributed by atoms with Gasteiger partial charge in [0.15, 0.2) is 0 Å². The van der Waals surface area contributed by atoms with Crippen molar-refractivity contribution < 1.29 is 24.5 Å². The molecule has 0 aliphatic carbocycles. The Morgan fingerprint density at radius 1 is 1.45 bits per heavy atom. The predicted molar refractivity (Wildman–Crippen MR) is 79.2 cm³/mol. The van der Waals surface area contributed by atoms with Crippen LogP contribution in [0, 0.1) is 6.92 Å². The summed E-state index contributed by atoms with van der Waals surface area (Å²) in [7, 11) is 1.24. The maximum absolute atomic E-state index is 12.3. The zero-order chi connectivity index (χ0) is 16.3. The van der Waals surface area contributed by atoms with Gasteiger partial charge in [-0.3, -0.25) is 4.79 Å². The fourth-order valence-corrected chi connectivity index (χ4v) is 2.18. The van der Waals surface area contributed by atoms with Crippen molar-refractivity contribution in [3.8, 4) is 5.75 Å². The van der Waals surface area contributed by atoms with Crippen molar-refractivity contribution in [3.05, 3.63) is 35.0 Å². The summed E-state index contributed by atoms with van der Waals surface area (Å²) >= 11 is 0. The zero-order valence-electron chi connectivity index (χ0n) is 12.4. The molecular weight excluding hydrogens is 288 g/mol. The van der Waals surface area contributed by atoms with E-state index in [1.807, 2.05) is 0 Å². The van der Waals surface area contributed by atoms with E-state index in [-0.39, 0.29) is 36.7 Å². The van der Waals surface area contributed by atoms with Gasteiger partial charge in [-0.05, 0) is 18.6 Å². The Morgan fingerprint density at radius 3 is 2.77 bits per heavy atom. The Labute approximate surface area is 127 Å². The smallest absolute Gasteiger partial charge is 0.337 e. The summed E-state index contributed by atoms with van der Waals surface area (Å²) in [4.78, 5) is 25.5. The molecule has 22 heavy (non-hydrogen) atoms. The van der Waals surface area contributed by atoms with Gasteiger partial charge < -0.3 is 25.2 Å². The van der Waals surface area contributed by atoms with Crippen LogP contribution in [-0.4, -0.2) is 53.8 Å². The molecule has 0 fully saturated rings. The number of hydrogen-bond donors (Lipinski definition) is 3. The van der Waals surface area contributed by atoms with Crippen molar-refractivity contribution in [3.63, 3.8) is 0 Å². The lowest BCUT2D eigenvalue weighted by atomic mass is 10.2. The Balaban J connectivity index is 2.32. The van der Waals surface area contributed by atoms with Crippen LogP contribution in [0.2, 0.25) is 0 Å². The lowest BCUT2D eigenvalue weighted by molar-refractivity contribution is -0.136. The van der Waals surface area contributed by atoms with Crippen LogP contribution >= 0.6 is 0 Å². The number of aromatic hydroxyl groups is 1. The first kappa shape index (κ1) is 15.8. The molecule has 1 aromatic carbocycles. The number of anilines is 1. The van der Waals surface area contributed by atoms with Gasteiger partial charge in [-0.1, -0.05) is 6.07 Å². The lowest BCUT2D eigenvalue weighted by Crippen LogP contribution is -2.31. The number of ether oxygens (including phenoxy) is 1. The number of β-amino-alcohol motifs (C(OH)–C–C–N with tert-alkyl or cyclic N) is 1. The first-order valence-electron chi connectivity index (χ1n) is 6.76. The number of esters is 1. The van der Waals surface area contributed by atoms with Gasteiger partial charge in [0.05, 0.1) is 25.8 Å². The minimum atomic E-state index is -0.604. The van der Waals surface area contributed by atoms with Crippen molar-refractivity contribution >= 4 is 17.6 Å². The summed E-state index contributed by atoms with van der Waals surface area (Å²) in [5.41, 5.74) is 1.48. The van der Waals surface area contributed by atoms with Gasteiger partial charge in [0.2, 0.25) is 0 Å². The van der Waals surface area contributed by atoms with Crippen molar-refractivity contribution in [1.29, 1.82) is 0 Å².